The predicted molar refractivity (Wildman–Crippen MR) is 75.4 cm³/mol. The van der Waals surface area contributed by atoms with Gasteiger partial charge in [-0.25, -0.2) is 4.99 Å². The summed E-state index contributed by atoms with van der Waals surface area (Å²) in [6, 6.07) is 1.19. The van der Waals surface area contributed by atoms with Crippen molar-refractivity contribution in [3.05, 3.63) is 11.9 Å². The van der Waals surface area contributed by atoms with E-state index in [1.54, 1.807) is 0 Å². The van der Waals surface area contributed by atoms with Crippen LogP contribution in [0.4, 0.5) is 0 Å². The third-order valence-corrected chi connectivity index (χ3v) is 3.48. The van der Waals surface area contributed by atoms with Gasteiger partial charge in [0.2, 0.25) is 0 Å². The van der Waals surface area contributed by atoms with Gasteiger partial charge >= 0.3 is 0 Å². The molecule has 1 rings (SSSR count). The maximum atomic E-state index is 4.59. The van der Waals surface area contributed by atoms with Crippen molar-refractivity contribution in [1.82, 2.24) is 9.80 Å². The van der Waals surface area contributed by atoms with Gasteiger partial charge in [0.1, 0.15) is 5.82 Å². The number of hydrogen-bond donors (Lipinski definition) is 0. The van der Waals surface area contributed by atoms with E-state index in [0.717, 1.165) is 31.8 Å². The Hall–Kier alpha value is -0.830. The van der Waals surface area contributed by atoms with Crippen molar-refractivity contribution in [1.29, 1.82) is 0 Å². The van der Waals surface area contributed by atoms with Gasteiger partial charge in [0.05, 0.1) is 0 Å². The van der Waals surface area contributed by atoms with Gasteiger partial charge in [0.25, 0.3) is 0 Å². The van der Waals surface area contributed by atoms with E-state index in [1.807, 2.05) is 6.21 Å². The quantitative estimate of drug-likeness (QED) is 0.700. The molecule has 0 N–H and O–H groups in total. The average molecular weight is 237 g/mol. The molecular formula is C14H27N3. The molecule has 0 aromatic heterocycles. The zero-order chi connectivity index (χ0) is 12.8. The molecule has 0 aromatic carbocycles. The Morgan fingerprint density at radius 1 is 1.18 bits per heavy atom. The minimum atomic E-state index is 0.593. The Kier molecular flexibility index (Phi) is 5.69. The smallest absolute Gasteiger partial charge is 0.124 e. The van der Waals surface area contributed by atoms with E-state index < -0.39 is 0 Å². The van der Waals surface area contributed by atoms with Crippen LogP contribution in [-0.2, 0) is 0 Å². The molecule has 1 aliphatic heterocycles. The molecule has 98 valence electrons. The van der Waals surface area contributed by atoms with Crippen molar-refractivity contribution in [2.45, 2.75) is 52.6 Å². The Bertz CT molecular complexity index is 271. The Labute approximate surface area is 106 Å². The third kappa shape index (κ3) is 3.84. The minimum Gasteiger partial charge on any atom is -0.354 e. The summed E-state index contributed by atoms with van der Waals surface area (Å²) in [5.41, 5.74) is 0. The lowest BCUT2D eigenvalue weighted by atomic mass is 10.1. The first kappa shape index (κ1) is 14.2. The maximum absolute atomic E-state index is 4.59. The fourth-order valence-corrected chi connectivity index (χ4v) is 2.22. The van der Waals surface area contributed by atoms with Crippen LogP contribution in [0.2, 0.25) is 0 Å². The van der Waals surface area contributed by atoms with Crippen LogP contribution in [-0.4, -0.2) is 48.2 Å². The molecule has 3 nitrogen and oxygen atoms in total. The highest BCUT2D eigenvalue weighted by Gasteiger charge is 2.27. The Morgan fingerprint density at radius 2 is 1.76 bits per heavy atom. The van der Waals surface area contributed by atoms with Gasteiger partial charge in [-0.3, -0.25) is 4.90 Å². The van der Waals surface area contributed by atoms with Crippen molar-refractivity contribution in [2.75, 3.05) is 20.1 Å². The lowest BCUT2D eigenvalue weighted by Gasteiger charge is -2.43. The van der Waals surface area contributed by atoms with Crippen LogP contribution in [0.15, 0.2) is 16.9 Å². The first-order valence-electron chi connectivity index (χ1n) is 6.79. The highest BCUT2D eigenvalue weighted by molar-refractivity contribution is 5.58. The average Bonchev–Trinajstić information content (AvgIpc) is 2.31. The standard InChI is InChI=1S/C14H27N3/c1-6-8-14(15-9-7-2)17-10-12(3)16(5)13(4)11-17/h8-9,12-13H,6-7,10-11H2,1-5H3/b14-8+,15-9-. The van der Waals surface area contributed by atoms with Gasteiger partial charge in [-0.05, 0) is 39.8 Å². The van der Waals surface area contributed by atoms with Gasteiger partial charge in [-0.15, -0.1) is 0 Å². The fourth-order valence-electron chi connectivity index (χ4n) is 2.22. The molecule has 0 amide bonds. The van der Waals surface area contributed by atoms with E-state index in [4.69, 9.17) is 0 Å². The molecule has 3 heteroatoms. The third-order valence-electron chi connectivity index (χ3n) is 3.48. The molecule has 0 radical (unpaired) electrons. The summed E-state index contributed by atoms with van der Waals surface area (Å²) in [4.78, 5) is 9.46. The van der Waals surface area contributed by atoms with E-state index in [1.165, 1.54) is 0 Å². The second kappa shape index (κ2) is 6.80. The van der Waals surface area contributed by atoms with Crippen LogP contribution in [0.5, 0.6) is 0 Å². The van der Waals surface area contributed by atoms with E-state index in [9.17, 15) is 0 Å². The van der Waals surface area contributed by atoms with E-state index in [2.05, 4.69) is 55.6 Å². The maximum Gasteiger partial charge on any atom is 0.124 e. The molecule has 1 aliphatic rings. The molecule has 1 saturated heterocycles. The van der Waals surface area contributed by atoms with Crippen LogP contribution >= 0.6 is 0 Å². The van der Waals surface area contributed by atoms with E-state index in [-0.39, 0.29) is 0 Å². The second-order valence-electron chi connectivity index (χ2n) is 4.96. The molecule has 1 heterocycles. The molecule has 0 aromatic rings. The van der Waals surface area contributed by atoms with Gasteiger partial charge < -0.3 is 4.90 Å². The number of rotatable bonds is 4. The molecule has 1 fully saturated rings. The summed E-state index contributed by atoms with van der Waals surface area (Å²) in [6.07, 6.45) is 6.29. The van der Waals surface area contributed by atoms with E-state index in [0.29, 0.717) is 12.1 Å². The zero-order valence-corrected chi connectivity index (χ0v) is 12.0. The minimum absolute atomic E-state index is 0.593. The summed E-state index contributed by atoms with van der Waals surface area (Å²) in [5, 5.41) is 0. The van der Waals surface area contributed by atoms with Gasteiger partial charge in [-0.1, -0.05) is 13.8 Å². The largest absolute Gasteiger partial charge is 0.354 e. The molecule has 0 spiro atoms. The van der Waals surface area contributed by atoms with Crippen molar-refractivity contribution in [2.24, 2.45) is 4.99 Å². The predicted octanol–water partition coefficient (Wildman–Crippen LogP) is 2.74. The van der Waals surface area contributed by atoms with Crippen molar-refractivity contribution in [3.8, 4) is 0 Å². The summed E-state index contributed by atoms with van der Waals surface area (Å²) in [7, 11) is 2.21. The topological polar surface area (TPSA) is 18.8 Å². The van der Waals surface area contributed by atoms with Crippen molar-refractivity contribution < 1.29 is 0 Å². The van der Waals surface area contributed by atoms with Crippen LogP contribution in [0, 0.1) is 0 Å². The first-order valence-corrected chi connectivity index (χ1v) is 6.79. The van der Waals surface area contributed by atoms with Crippen LogP contribution in [0.1, 0.15) is 40.5 Å². The summed E-state index contributed by atoms with van der Waals surface area (Å²) in [5.74, 6) is 1.15. The molecule has 0 saturated carbocycles. The number of piperazine rings is 1. The highest BCUT2D eigenvalue weighted by atomic mass is 15.3. The molecule has 0 aliphatic carbocycles. The van der Waals surface area contributed by atoms with Crippen molar-refractivity contribution >= 4 is 6.21 Å². The lowest BCUT2D eigenvalue weighted by molar-refractivity contribution is 0.0794. The van der Waals surface area contributed by atoms with Crippen LogP contribution in [0.3, 0.4) is 0 Å². The normalized spacial score (nSPS) is 28.1. The number of likely N-dealkylation sites (N-methyl/N-ethyl adjacent to an activating group) is 1. The van der Waals surface area contributed by atoms with Crippen LogP contribution < -0.4 is 0 Å². The molecule has 2 atom stereocenters. The molecule has 0 bridgehead atoms. The Balaban J connectivity index is 2.75. The number of hydrogen-bond acceptors (Lipinski definition) is 3. The number of allylic oxidation sites excluding steroid dienone is 1. The van der Waals surface area contributed by atoms with Crippen LogP contribution in [0.25, 0.3) is 0 Å². The monoisotopic (exact) mass is 237 g/mol. The second-order valence-corrected chi connectivity index (χ2v) is 4.96. The van der Waals surface area contributed by atoms with Gasteiger partial charge in [0.15, 0.2) is 0 Å². The van der Waals surface area contributed by atoms with Gasteiger partial charge in [-0.2, -0.15) is 0 Å². The summed E-state index contributed by atoms with van der Waals surface area (Å²) in [6.45, 7) is 11.0. The SMILES string of the molecule is CC/C=N\C(=C/CC)N1CC(C)N(C)C(C)C1. The molecular weight excluding hydrogens is 210 g/mol. The highest BCUT2D eigenvalue weighted by Crippen LogP contribution is 2.18. The fraction of sp³-hybridized carbons (Fsp3) is 0.786. The Morgan fingerprint density at radius 3 is 2.24 bits per heavy atom. The first-order chi connectivity index (χ1) is 8.10. The molecule has 2 unspecified atom stereocenters. The summed E-state index contributed by atoms with van der Waals surface area (Å²) >= 11 is 0. The lowest BCUT2D eigenvalue weighted by Crippen LogP contribution is -2.54. The van der Waals surface area contributed by atoms with Gasteiger partial charge in [0, 0.05) is 31.4 Å². The van der Waals surface area contributed by atoms with E-state index >= 15 is 0 Å². The zero-order valence-electron chi connectivity index (χ0n) is 12.0. The molecule has 17 heavy (non-hydrogen) atoms. The van der Waals surface area contributed by atoms with Crippen molar-refractivity contribution in [3.63, 3.8) is 0 Å². The number of aliphatic imine (C=N–C) groups is 1. The summed E-state index contributed by atoms with van der Waals surface area (Å²) < 4.78 is 0. The number of nitrogens with zero attached hydrogens (tertiary/aromatic N) is 3.